The molecule has 1 aromatic carbocycles. The summed E-state index contributed by atoms with van der Waals surface area (Å²) in [6, 6.07) is 8.69. The first-order chi connectivity index (χ1) is 5.75. The fraction of sp³-hybridized carbons (Fsp3) is 0.250. The molecule has 1 rings (SSSR count). The van der Waals surface area contributed by atoms with Gasteiger partial charge in [-0.25, -0.2) is 0 Å². The molecule has 1 aromatic rings. The zero-order valence-electron chi connectivity index (χ0n) is 6.71. The third kappa shape index (κ3) is 1.72. The normalized spacial score (nSPS) is 14.2. The van der Waals surface area contributed by atoms with Gasteiger partial charge in [-0.2, -0.15) is 0 Å². The molecule has 1 N–H and O–H groups in total. The van der Waals surface area contributed by atoms with Gasteiger partial charge in [0.1, 0.15) is 0 Å². The van der Waals surface area contributed by atoms with Crippen LogP contribution >= 0.6 is 0 Å². The van der Waals surface area contributed by atoms with E-state index in [2.05, 4.69) is 5.28 Å². The summed E-state index contributed by atoms with van der Waals surface area (Å²) in [5.41, 5.74) is 0.824. The van der Waals surface area contributed by atoms with Gasteiger partial charge in [0.15, 0.2) is 5.28 Å². The molecule has 0 aliphatic heterocycles. The van der Waals surface area contributed by atoms with Gasteiger partial charge in [0.2, 0.25) is 6.04 Å². The van der Waals surface area contributed by atoms with Crippen LogP contribution in [0.2, 0.25) is 0 Å². The Labute approximate surface area is 70.3 Å². The van der Waals surface area contributed by atoms with Crippen molar-refractivity contribution in [3.8, 4) is 0 Å². The van der Waals surface area contributed by atoms with Crippen LogP contribution in [0.1, 0.15) is 18.5 Å². The van der Waals surface area contributed by atoms with Gasteiger partial charge in [-0.15, -0.1) is 0 Å². The SMILES string of the molecule is CC(c1ccccc1)[N+]([O-])=NO. The van der Waals surface area contributed by atoms with Crippen LogP contribution in [-0.2, 0) is 0 Å². The maximum absolute atomic E-state index is 10.8. The van der Waals surface area contributed by atoms with E-state index in [1.165, 1.54) is 0 Å². The Morgan fingerprint density at radius 3 is 2.50 bits per heavy atom. The molecule has 4 nitrogen and oxygen atoms in total. The fourth-order valence-electron chi connectivity index (χ4n) is 0.937. The lowest BCUT2D eigenvalue weighted by Crippen LogP contribution is -2.06. The fourth-order valence-corrected chi connectivity index (χ4v) is 0.937. The second-order valence-corrected chi connectivity index (χ2v) is 2.48. The van der Waals surface area contributed by atoms with Gasteiger partial charge in [0, 0.05) is 12.5 Å². The van der Waals surface area contributed by atoms with E-state index >= 15 is 0 Å². The monoisotopic (exact) mass is 166 g/mol. The summed E-state index contributed by atoms with van der Waals surface area (Å²) in [6.07, 6.45) is 0. The molecule has 1 unspecified atom stereocenters. The Kier molecular flexibility index (Phi) is 2.63. The highest BCUT2D eigenvalue weighted by atomic mass is 16.6. The summed E-state index contributed by atoms with van der Waals surface area (Å²) in [7, 11) is 0. The highest BCUT2D eigenvalue weighted by Gasteiger charge is 2.12. The molecule has 12 heavy (non-hydrogen) atoms. The van der Waals surface area contributed by atoms with Crippen molar-refractivity contribution in [2.75, 3.05) is 0 Å². The molecule has 64 valence electrons. The zero-order chi connectivity index (χ0) is 8.97. The molecule has 0 saturated carbocycles. The molecule has 0 amide bonds. The maximum atomic E-state index is 10.8. The van der Waals surface area contributed by atoms with Crippen molar-refractivity contribution < 1.29 is 10.1 Å². The van der Waals surface area contributed by atoms with Crippen molar-refractivity contribution in [3.63, 3.8) is 0 Å². The summed E-state index contributed by atoms with van der Waals surface area (Å²) in [5.74, 6) is 0. The van der Waals surface area contributed by atoms with E-state index in [9.17, 15) is 5.21 Å². The number of hydroxylamine groups is 1. The number of hydrogen-bond acceptors (Lipinski definition) is 2. The number of nitrogens with zero attached hydrogens (tertiary/aromatic N) is 2. The van der Waals surface area contributed by atoms with Gasteiger partial charge in [-0.3, -0.25) is 0 Å². The first-order valence-corrected chi connectivity index (χ1v) is 3.62. The topological polar surface area (TPSA) is 58.7 Å². The van der Waals surface area contributed by atoms with Gasteiger partial charge in [-0.1, -0.05) is 30.3 Å². The van der Waals surface area contributed by atoms with E-state index in [0.29, 0.717) is 0 Å². The van der Waals surface area contributed by atoms with Gasteiger partial charge in [-0.05, 0) is 4.86 Å². The van der Waals surface area contributed by atoms with Crippen LogP contribution in [0.15, 0.2) is 35.6 Å². The summed E-state index contributed by atoms with van der Waals surface area (Å²) >= 11 is 0. The molecule has 0 spiro atoms. The number of rotatable bonds is 2. The van der Waals surface area contributed by atoms with E-state index in [-0.39, 0.29) is 4.86 Å². The molecule has 0 radical (unpaired) electrons. The summed E-state index contributed by atoms with van der Waals surface area (Å²) in [5, 5.41) is 21.6. The van der Waals surface area contributed by atoms with E-state index in [1.807, 2.05) is 18.2 Å². The van der Waals surface area contributed by atoms with Crippen LogP contribution in [-0.4, -0.2) is 10.1 Å². The average molecular weight is 166 g/mol. The first kappa shape index (κ1) is 8.52. The first-order valence-electron chi connectivity index (χ1n) is 3.62. The summed E-state index contributed by atoms with van der Waals surface area (Å²) in [6.45, 7) is 1.67. The van der Waals surface area contributed by atoms with E-state index in [1.54, 1.807) is 19.1 Å². The van der Waals surface area contributed by atoms with Crippen molar-refractivity contribution in [1.29, 1.82) is 0 Å². The Balaban J connectivity index is 2.86. The Hall–Kier alpha value is -1.58. The highest BCUT2D eigenvalue weighted by Crippen LogP contribution is 2.14. The van der Waals surface area contributed by atoms with Gasteiger partial charge in [0.05, 0.1) is 0 Å². The quantitative estimate of drug-likeness (QED) is 0.415. The average Bonchev–Trinajstić information content (AvgIpc) is 2.17. The minimum Gasteiger partial charge on any atom is -0.597 e. The highest BCUT2D eigenvalue weighted by molar-refractivity contribution is 5.16. The van der Waals surface area contributed by atoms with Crippen molar-refractivity contribution in [2.24, 2.45) is 5.28 Å². The van der Waals surface area contributed by atoms with Crippen LogP contribution in [0.25, 0.3) is 0 Å². The van der Waals surface area contributed by atoms with Crippen LogP contribution < -0.4 is 0 Å². The van der Waals surface area contributed by atoms with Gasteiger partial charge >= 0.3 is 0 Å². The van der Waals surface area contributed by atoms with Crippen LogP contribution in [0.4, 0.5) is 0 Å². The Morgan fingerprint density at radius 2 is 2.00 bits per heavy atom. The van der Waals surface area contributed by atoms with E-state index in [4.69, 9.17) is 5.21 Å². The Morgan fingerprint density at radius 1 is 1.42 bits per heavy atom. The third-order valence-electron chi connectivity index (χ3n) is 1.70. The van der Waals surface area contributed by atoms with Crippen molar-refractivity contribution >= 4 is 0 Å². The lowest BCUT2D eigenvalue weighted by Gasteiger charge is -2.06. The molecule has 4 heteroatoms. The molecular formula is C8H10N2O2. The largest absolute Gasteiger partial charge is 0.597 e. The molecule has 0 bridgehead atoms. The molecular weight excluding hydrogens is 156 g/mol. The van der Waals surface area contributed by atoms with Crippen molar-refractivity contribution in [3.05, 3.63) is 41.1 Å². The molecule has 0 aliphatic rings. The predicted molar refractivity (Wildman–Crippen MR) is 42.7 cm³/mol. The minimum atomic E-state index is -0.448. The van der Waals surface area contributed by atoms with Crippen molar-refractivity contribution in [2.45, 2.75) is 13.0 Å². The Bertz CT molecular complexity index is 272. The number of hydrogen-bond donors (Lipinski definition) is 1. The summed E-state index contributed by atoms with van der Waals surface area (Å²) in [4.78, 5) is 0.259. The lowest BCUT2D eigenvalue weighted by molar-refractivity contribution is -0.594. The number of benzene rings is 1. The van der Waals surface area contributed by atoms with Crippen LogP contribution in [0, 0.1) is 5.21 Å². The molecule has 1 atom stereocenters. The standard InChI is InChI=1S/C8H10N2O2/c1-7(10(12)9-11)8-5-3-2-4-6-8/h2-7,11H,1H3. The van der Waals surface area contributed by atoms with E-state index < -0.39 is 6.04 Å². The molecule has 0 saturated heterocycles. The summed E-state index contributed by atoms with van der Waals surface area (Å²) < 4.78 is 0. The predicted octanol–water partition coefficient (Wildman–Crippen LogP) is 2.10. The second kappa shape index (κ2) is 3.71. The minimum absolute atomic E-state index is 0.259. The smallest absolute Gasteiger partial charge is 0.215 e. The van der Waals surface area contributed by atoms with Crippen LogP contribution in [0.3, 0.4) is 0 Å². The molecule has 0 heterocycles. The van der Waals surface area contributed by atoms with Crippen LogP contribution in [0.5, 0.6) is 0 Å². The third-order valence-corrected chi connectivity index (χ3v) is 1.70. The van der Waals surface area contributed by atoms with Gasteiger partial charge < -0.3 is 10.4 Å². The van der Waals surface area contributed by atoms with Gasteiger partial charge in [0.25, 0.3) is 0 Å². The lowest BCUT2D eigenvalue weighted by atomic mass is 10.1. The van der Waals surface area contributed by atoms with E-state index in [0.717, 1.165) is 5.56 Å². The zero-order valence-corrected chi connectivity index (χ0v) is 6.71. The maximum Gasteiger partial charge on any atom is 0.215 e. The molecule has 0 aliphatic carbocycles. The van der Waals surface area contributed by atoms with Crippen molar-refractivity contribution in [1.82, 2.24) is 0 Å². The molecule has 0 aromatic heterocycles. The second-order valence-electron chi connectivity index (χ2n) is 2.48. The molecule has 0 fully saturated rings.